The van der Waals surface area contributed by atoms with E-state index in [-0.39, 0.29) is 5.91 Å². The quantitative estimate of drug-likeness (QED) is 0.879. The van der Waals surface area contributed by atoms with Crippen molar-refractivity contribution in [3.8, 4) is 6.07 Å². The number of nitriles is 1. The summed E-state index contributed by atoms with van der Waals surface area (Å²) in [7, 11) is 0. The van der Waals surface area contributed by atoms with Crippen molar-refractivity contribution in [3.05, 3.63) is 53.1 Å². The number of amides is 1. The number of rotatable bonds is 5. The molecule has 2 aromatic rings. The number of imidazole rings is 1. The van der Waals surface area contributed by atoms with E-state index in [1.807, 2.05) is 6.92 Å². The van der Waals surface area contributed by atoms with Crippen molar-refractivity contribution < 1.29 is 4.79 Å². The number of aromatic nitrogens is 2. The van der Waals surface area contributed by atoms with Crippen LogP contribution in [0.1, 0.15) is 33.7 Å². The molecule has 1 aromatic carbocycles. The van der Waals surface area contributed by atoms with Crippen molar-refractivity contribution in [3.63, 3.8) is 0 Å². The topological polar surface area (TPSA) is 84.8 Å². The summed E-state index contributed by atoms with van der Waals surface area (Å²) in [5.41, 5.74) is 3.06. The maximum atomic E-state index is 12.3. The first kappa shape index (κ1) is 16.2. The summed E-state index contributed by atoms with van der Waals surface area (Å²) in [4.78, 5) is 22.1. The summed E-state index contributed by atoms with van der Waals surface area (Å²) in [5.74, 6) is 0.260. The zero-order valence-electron chi connectivity index (χ0n) is 13.7. The van der Waals surface area contributed by atoms with Crippen molar-refractivity contribution >= 4 is 5.91 Å². The lowest BCUT2D eigenvalue weighted by Crippen LogP contribution is -2.31. The number of carbonyl (C=O) groups excluding carboxylic acids is 1. The van der Waals surface area contributed by atoms with Gasteiger partial charge in [0.1, 0.15) is 0 Å². The number of aryl methyl sites for hydroxylation is 1. The van der Waals surface area contributed by atoms with Crippen LogP contribution in [0.3, 0.4) is 0 Å². The molecule has 0 bridgehead atoms. The third-order valence-electron chi connectivity index (χ3n) is 4.52. The van der Waals surface area contributed by atoms with Gasteiger partial charge in [-0.2, -0.15) is 5.26 Å². The van der Waals surface area contributed by atoms with E-state index in [0.29, 0.717) is 23.6 Å². The largest absolute Gasteiger partial charge is 0.352 e. The first-order valence-corrected chi connectivity index (χ1v) is 8.16. The molecule has 1 unspecified atom stereocenters. The molecular formula is C18H21N5O. The summed E-state index contributed by atoms with van der Waals surface area (Å²) in [6, 6.07) is 8.96. The molecule has 0 spiro atoms. The van der Waals surface area contributed by atoms with Crippen molar-refractivity contribution in [1.82, 2.24) is 20.2 Å². The number of nitrogens with zero attached hydrogens (tertiary/aromatic N) is 3. The number of nitrogens with one attached hydrogen (secondary N) is 2. The van der Waals surface area contributed by atoms with E-state index >= 15 is 0 Å². The van der Waals surface area contributed by atoms with Gasteiger partial charge in [-0.25, -0.2) is 4.98 Å². The summed E-state index contributed by atoms with van der Waals surface area (Å²) in [6.45, 7) is 5.47. The molecule has 1 saturated heterocycles. The normalized spacial score (nSPS) is 17.6. The van der Waals surface area contributed by atoms with Crippen molar-refractivity contribution in [1.29, 1.82) is 5.26 Å². The zero-order chi connectivity index (χ0) is 16.9. The van der Waals surface area contributed by atoms with Crippen LogP contribution in [0.2, 0.25) is 0 Å². The standard InChI is InChI=1S/C18H21N5O/c1-13-17(22-12-21-13)11-23-7-6-14(10-23)9-20-18(24)16-5-3-2-4-15(16)8-19/h2-5,12,14H,6-7,9-11H2,1H3,(H,20,24)(H,21,22). The van der Waals surface area contributed by atoms with Crippen LogP contribution >= 0.6 is 0 Å². The highest BCUT2D eigenvalue weighted by Gasteiger charge is 2.24. The van der Waals surface area contributed by atoms with E-state index in [9.17, 15) is 4.79 Å². The molecular weight excluding hydrogens is 302 g/mol. The van der Waals surface area contributed by atoms with Crippen LogP contribution in [0.5, 0.6) is 0 Å². The Morgan fingerprint density at radius 2 is 2.33 bits per heavy atom. The van der Waals surface area contributed by atoms with Crippen LogP contribution in [0.4, 0.5) is 0 Å². The van der Waals surface area contributed by atoms with Gasteiger partial charge in [0.15, 0.2) is 0 Å². The molecule has 0 radical (unpaired) electrons. The fourth-order valence-corrected chi connectivity index (χ4v) is 3.09. The average Bonchev–Trinajstić information content (AvgIpc) is 3.22. The van der Waals surface area contributed by atoms with Gasteiger partial charge in [-0.3, -0.25) is 9.69 Å². The summed E-state index contributed by atoms with van der Waals surface area (Å²) in [5, 5.41) is 12.0. The Balaban J connectivity index is 1.50. The monoisotopic (exact) mass is 323 g/mol. The van der Waals surface area contributed by atoms with Gasteiger partial charge in [-0.1, -0.05) is 12.1 Å². The molecule has 1 aliphatic heterocycles. The molecule has 1 aromatic heterocycles. The number of carbonyl (C=O) groups is 1. The number of likely N-dealkylation sites (tertiary alicyclic amines) is 1. The lowest BCUT2D eigenvalue weighted by Gasteiger charge is -2.15. The first-order valence-electron chi connectivity index (χ1n) is 8.16. The van der Waals surface area contributed by atoms with Gasteiger partial charge < -0.3 is 10.3 Å². The molecule has 1 aliphatic rings. The second-order valence-corrected chi connectivity index (χ2v) is 6.23. The molecule has 2 N–H and O–H groups in total. The highest BCUT2D eigenvalue weighted by atomic mass is 16.1. The molecule has 124 valence electrons. The third kappa shape index (κ3) is 3.63. The number of hydrogen-bond acceptors (Lipinski definition) is 4. The summed E-state index contributed by atoms with van der Waals surface area (Å²) in [6.07, 6.45) is 2.79. The molecule has 6 nitrogen and oxygen atoms in total. The maximum absolute atomic E-state index is 12.3. The van der Waals surface area contributed by atoms with Crippen LogP contribution in [-0.4, -0.2) is 40.4 Å². The first-order chi connectivity index (χ1) is 11.7. The van der Waals surface area contributed by atoms with Crippen molar-refractivity contribution in [2.45, 2.75) is 19.9 Å². The van der Waals surface area contributed by atoms with E-state index in [0.717, 1.165) is 37.4 Å². The van der Waals surface area contributed by atoms with E-state index < -0.39 is 0 Å². The highest BCUT2D eigenvalue weighted by molar-refractivity contribution is 5.96. The summed E-state index contributed by atoms with van der Waals surface area (Å²) >= 11 is 0. The molecule has 0 saturated carbocycles. The minimum Gasteiger partial charge on any atom is -0.352 e. The van der Waals surface area contributed by atoms with Crippen LogP contribution in [0, 0.1) is 24.2 Å². The minimum atomic E-state index is -0.172. The van der Waals surface area contributed by atoms with Gasteiger partial charge in [0.2, 0.25) is 0 Å². The van der Waals surface area contributed by atoms with Crippen LogP contribution in [0.15, 0.2) is 30.6 Å². The number of H-pyrrole nitrogens is 1. The van der Waals surface area contributed by atoms with Crippen LogP contribution in [-0.2, 0) is 6.54 Å². The van der Waals surface area contributed by atoms with Gasteiger partial charge in [-0.15, -0.1) is 0 Å². The van der Waals surface area contributed by atoms with Crippen LogP contribution < -0.4 is 5.32 Å². The molecule has 1 fully saturated rings. The van der Waals surface area contributed by atoms with E-state index in [4.69, 9.17) is 5.26 Å². The number of benzene rings is 1. The zero-order valence-corrected chi connectivity index (χ0v) is 13.7. The fourth-order valence-electron chi connectivity index (χ4n) is 3.09. The smallest absolute Gasteiger partial charge is 0.252 e. The molecule has 2 heterocycles. The SMILES string of the molecule is Cc1[nH]cnc1CN1CCC(CNC(=O)c2ccccc2C#N)C1. The molecule has 1 amide bonds. The predicted octanol–water partition coefficient (Wildman–Crippen LogP) is 1.84. The molecule has 3 rings (SSSR count). The fraction of sp³-hybridized carbons (Fsp3) is 0.389. The molecule has 6 heteroatoms. The van der Waals surface area contributed by atoms with E-state index in [2.05, 4.69) is 26.3 Å². The predicted molar refractivity (Wildman–Crippen MR) is 90.2 cm³/mol. The Hall–Kier alpha value is -2.65. The lowest BCUT2D eigenvalue weighted by molar-refractivity contribution is 0.0947. The van der Waals surface area contributed by atoms with Gasteiger partial charge in [0.05, 0.1) is 29.2 Å². The Kier molecular flexibility index (Phi) is 4.92. The molecule has 24 heavy (non-hydrogen) atoms. The lowest BCUT2D eigenvalue weighted by atomic mass is 10.1. The molecule has 1 atom stereocenters. The summed E-state index contributed by atoms with van der Waals surface area (Å²) < 4.78 is 0. The maximum Gasteiger partial charge on any atom is 0.252 e. The second-order valence-electron chi connectivity index (χ2n) is 6.23. The molecule has 0 aliphatic carbocycles. The number of aromatic amines is 1. The third-order valence-corrected chi connectivity index (χ3v) is 4.52. The Morgan fingerprint density at radius 1 is 1.50 bits per heavy atom. The average molecular weight is 323 g/mol. The van der Waals surface area contributed by atoms with E-state index in [1.54, 1.807) is 30.6 Å². The van der Waals surface area contributed by atoms with E-state index in [1.165, 1.54) is 0 Å². The van der Waals surface area contributed by atoms with Crippen LogP contribution in [0.25, 0.3) is 0 Å². The minimum absolute atomic E-state index is 0.172. The second kappa shape index (κ2) is 7.28. The number of hydrogen-bond donors (Lipinski definition) is 2. The van der Waals surface area contributed by atoms with Gasteiger partial charge in [0, 0.05) is 25.3 Å². The van der Waals surface area contributed by atoms with Gasteiger partial charge in [-0.05, 0) is 37.9 Å². The Morgan fingerprint density at radius 3 is 3.08 bits per heavy atom. The van der Waals surface area contributed by atoms with Crippen molar-refractivity contribution in [2.24, 2.45) is 5.92 Å². The van der Waals surface area contributed by atoms with Gasteiger partial charge in [0.25, 0.3) is 5.91 Å². The van der Waals surface area contributed by atoms with Crippen molar-refractivity contribution in [2.75, 3.05) is 19.6 Å². The Labute approximate surface area is 141 Å². The van der Waals surface area contributed by atoms with Gasteiger partial charge >= 0.3 is 0 Å². The Bertz CT molecular complexity index is 761. The highest BCUT2D eigenvalue weighted by Crippen LogP contribution is 2.18.